The molecule has 2 aromatic carbocycles. The maximum Gasteiger partial charge on any atom is 0.295 e. The second-order valence-electron chi connectivity index (χ2n) is 10.2. The Labute approximate surface area is 236 Å². The van der Waals surface area contributed by atoms with E-state index in [0.717, 1.165) is 25.8 Å². The highest BCUT2D eigenvalue weighted by atomic mass is 16.6. The van der Waals surface area contributed by atoms with Crippen molar-refractivity contribution < 1.29 is 33.6 Å². The molecule has 40 heavy (non-hydrogen) atoms. The predicted octanol–water partition coefficient (Wildman–Crippen LogP) is 4.80. The van der Waals surface area contributed by atoms with Crippen molar-refractivity contribution in [1.82, 2.24) is 9.80 Å². The molecule has 2 heterocycles. The van der Waals surface area contributed by atoms with E-state index in [-0.39, 0.29) is 11.3 Å². The van der Waals surface area contributed by atoms with Crippen LogP contribution in [0.1, 0.15) is 56.7 Å². The number of ether oxygens (including phenoxy) is 4. The molecule has 0 spiro atoms. The molecule has 2 aliphatic rings. The molecule has 216 valence electrons. The minimum atomic E-state index is -0.788. The van der Waals surface area contributed by atoms with Gasteiger partial charge in [0.15, 0.2) is 23.0 Å². The topological polar surface area (TPSA) is 97.8 Å². The molecular formula is C31H40N2O7. The van der Waals surface area contributed by atoms with Crippen LogP contribution in [-0.2, 0) is 9.59 Å². The lowest BCUT2D eigenvalue weighted by Gasteiger charge is -2.27. The van der Waals surface area contributed by atoms with E-state index in [2.05, 4.69) is 6.92 Å². The molecule has 0 saturated carbocycles. The Balaban J connectivity index is 1.76. The number of aliphatic hydroxyl groups excluding tert-OH is 1. The number of carbonyl (C=O) groups excluding carboxylic acids is 2. The first-order chi connectivity index (χ1) is 19.3. The number of ketones is 1. The average molecular weight is 553 g/mol. The van der Waals surface area contributed by atoms with Crippen LogP contribution in [0.5, 0.6) is 23.0 Å². The second-order valence-corrected chi connectivity index (χ2v) is 10.2. The normalized spacial score (nSPS) is 17.9. The summed E-state index contributed by atoms with van der Waals surface area (Å²) in [5.41, 5.74) is 1.07. The van der Waals surface area contributed by atoms with Gasteiger partial charge in [-0.15, -0.1) is 0 Å². The van der Waals surface area contributed by atoms with E-state index in [1.54, 1.807) is 23.1 Å². The number of carbonyl (C=O) groups is 2. The molecule has 2 aliphatic heterocycles. The van der Waals surface area contributed by atoms with Gasteiger partial charge in [0.1, 0.15) is 19.0 Å². The Hall–Kier alpha value is -3.72. The minimum Gasteiger partial charge on any atom is -0.507 e. The van der Waals surface area contributed by atoms with Gasteiger partial charge < -0.3 is 33.9 Å². The number of rotatable bonds is 13. The number of likely N-dealkylation sites (tertiary alicyclic amines) is 1. The maximum atomic E-state index is 13.4. The molecule has 0 radical (unpaired) electrons. The quantitative estimate of drug-likeness (QED) is 0.164. The maximum absolute atomic E-state index is 13.4. The third kappa shape index (κ3) is 6.53. The monoisotopic (exact) mass is 552 g/mol. The van der Waals surface area contributed by atoms with Gasteiger partial charge in [-0.05, 0) is 76.3 Å². The molecule has 1 atom stereocenters. The summed E-state index contributed by atoms with van der Waals surface area (Å²) >= 11 is 0. The molecular weight excluding hydrogens is 512 g/mol. The number of Topliss-reactive ketones (excluding diaryl/α,β-unsaturated/α-hetero) is 1. The van der Waals surface area contributed by atoms with Gasteiger partial charge in [0.25, 0.3) is 11.7 Å². The highest BCUT2D eigenvalue weighted by Gasteiger charge is 2.46. The fraction of sp³-hybridized carbons (Fsp3) is 0.484. The number of amides is 1. The summed E-state index contributed by atoms with van der Waals surface area (Å²) in [6, 6.07) is 9.68. The van der Waals surface area contributed by atoms with Crippen LogP contribution in [0.15, 0.2) is 42.0 Å². The smallest absolute Gasteiger partial charge is 0.295 e. The van der Waals surface area contributed by atoms with Crippen LogP contribution in [0.2, 0.25) is 0 Å². The molecule has 1 amide bonds. The van der Waals surface area contributed by atoms with Crippen LogP contribution < -0.4 is 18.9 Å². The number of nitrogens with zero attached hydrogens (tertiary/aromatic N) is 2. The number of benzene rings is 2. The lowest BCUT2D eigenvalue weighted by molar-refractivity contribution is -0.139. The van der Waals surface area contributed by atoms with Crippen LogP contribution >= 0.6 is 0 Å². The molecule has 2 aromatic rings. The van der Waals surface area contributed by atoms with Gasteiger partial charge in [0.05, 0.1) is 24.8 Å². The summed E-state index contributed by atoms with van der Waals surface area (Å²) in [4.78, 5) is 30.4. The van der Waals surface area contributed by atoms with E-state index in [1.165, 1.54) is 0 Å². The van der Waals surface area contributed by atoms with Crippen molar-refractivity contribution in [2.24, 2.45) is 0 Å². The largest absolute Gasteiger partial charge is 0.507 e. The summed E-state index contributed by atoms with van der Waals surface area (Å²) in [6.45, 7) is 6.95. The van der Waals surface area contributed by atoms with Gasteiger partial charge in [-0.25, -0.2) is 0 Å². The second kappa shape index (κ2) is 13.6. The van der Waals surface area contributed by atoms with Crippen LogP contribution in [0.3, 0.4) is 0 Å². The molecule has 1 saturated heterocycles. The molecule has 0 aliphatic carbocycles. The van der Waals surface area contributed by atoms with Crippen LogP contribution in [0.25, 0.3) is 5.76 Å². The van der Waals surface area contributed by atoms with Gasteiger partial charge >= 0.3 is 0 Å². The van der Waals surface area contributed by atoms with Crippen molar-refractivity contribution >= 4 is 17.4 Å². The molecule has 0 unspecified atom stereocenters. The SMILES string of the molecule is CCCCCOc1ccc([C@H]2C(=C(O)c3ccc4c(c3)OCCO4)C(=O)C(=O)N2CCCN(C)C)cc1OCC. The Morgan fingerprint density at radius 3 is 2.48 bits per heavy atom. The lowest BCUT2D eigenvalue weighted by atomic mass is 9.94. The average Bonchev–Trinajstić information content (AvgIpc) is 3.20. The summed E-state index contributed by atoms with van der Waals surface area (Å²) in [5.74, 6) is 0.580. The van der Waals surface area contributed by atoms with Crippen molar-refractivity contribution in [2.45, 2.75) is 45.6 Å². The van der Waals surface area contributed by atoms with Crippen molar-refractivity contribution in [2.75, 3.05) is 53.6 Å². The first-order valence-electron chi connectivity index (χ1n) is 14.1. The van der Waals surface area contributed by atoms with Crippen molar-refractivity contribution in [3.63, 3.8) is 0 Å². The van der Waals surface area contributed by atoms with E-state index in [4.69, 9.17) is 18.9 Å². The van der Waals surface area contributed by atoms with Crippen molar-refractivity contribution in [3.8, 4) is 23.0 Å². The first kappa shape index (κ1) is 29.3. The number of hydrogen-bond acceptors (Lipinski definition) is 8. The Bertz CT molecular complexity index is 1240. The van der Waals surface area contributed by atoms with Crippen molar-refractivity contribution in [3.05, 3.63) is 53.1 Å². The summed E-state index contributed by atoms with van der Waals surface area (Å²) < 4.78 is 23.2. The number of aliphatic hydroxyl groups is 1. The van der Waals surface area contributed by atoms with Gasteiger partial charge in [-0.1, -0.05) is 25.8 Å². The molecule has 1 N–H and O–H groups in total. The van der Waals surface area contributed by atoms with E-state index >= 15 is 0 Å². The molecule has 1 fully saturated rings. The van der Waals surface area contributed by atoms with E-state index in [1.807, 2.05) is 44.1 Å². The van der Waals surface area contributed by atoms with Gasteiger partial charge in [-0.3, -0.25) is 9.59 Å². The predicted molar refractivity (Wildman–Crippen MR) is 152 cm³/mol. The molecule has 0 aromatic heterocycles. The minimum absolute atomic E-state index is 0.0330. The number of fused-ring (bicyclic) bond motifs is 1. The zero-order valence-electron chi connectivity index (χ0n) is 23.9. The Kier molecular flexibility index (Phi) is 9.93. The zero-order valence-corrected chi connectivity index (χ0v) is 23.9. The van der Waals surface area contributed by atoms with Crippen LogP contribution in [-0.4, -0.2) is 80.2 Å². The van der Waals surface area contributed by atoms with Crippen LogP contribution in [0.4, 0.5) is 0 Å². The number of unbranched alkanes of at least 4 members (excludes halogenated alkanes) is 2. The van der Waals surface area contributed by atoms with Gasteiger partial charge in [-0.2, -0.15) is 0 Å². The highest BCUT2D eigenvalue weighted by Crippen LogP contribution is 2.43. The third-order valence-corrected chi connectivity index (χ3v) is 6.95. The molecule has 4 rings (SSSR count). The van der Waals surface area contributed by atoms with Gasteiger partial charge in [0.2, 0.25) is 0 Å². The standard InChI is InChI=1S/C31H40N2O7/c1-5-7-8-16-38-23-12-10-21(19-25(23)37-6-2)28-27(30(35)31(36)33(28)15-9-14-32(3)4)29(34)22-11-13-24-26(20-22)40-18-17-39-24/h10-13,19-20,28,34H,5-9,14-18H2,1-4H3/t28-/m0/s1. The van der Waals surface area contributed by atoms with E-state index in [9.17, 15) is 14.7 Å². The summed E-state index contributed by atoms with van der Waals surface area (Å²) in [7, 11) is 3.92. The Morgan fingerprint density at radius 1 is 0.975 bits per heavy atom. The lowest BCUT2D eigenvalue weighted by Crippen LogP contribution is -2.32. The molecule has 9 nitrogen and oxygen atoms in total. The Morgan fingerprint density at radius 2 is 1.75 bits per heavy atom. The summed E-state index contributed by atoms with van der Waals surface area (Å²) in [6.07, 6.45) is 3.77. The third-order valence-electron chi connectivity index (χ3n) is 6.95. The number of hydrogen-bond donors (Lipinski definition) is 1. The fourth-order valence-corrected chi connectivity index (χ4v) is 4.98. The van der Waals surface area contributed by atoms with Gasteiger partial charge in [0, 0.05) is 12.1 Å². The zero-order chi connectivity index (χ0) is 28.6. The van der Waals surface area contributed by atoms with E-state index < -0.39 is 17.7 Å². The van der Waals surface area contributed by atoms with Crippen molar-refractivity contribution in [1.29, 1.82) is 0 Å². The first-order valence-corrected chi connectivity index (χ1v) is 14.1. The van der Waals surface area contributed by atoms with E-state index in [0.29, 0.717) is 73.5 Å². The molecule has 0 bridgehead atoms. The van der Waals surface area contributed by atoms with Crippen LogP contribution in [0, 0.1) is 0 Å². The fourth-order valence-electron chi connectivity index (χ4n) is 4.98. The summed E-state index contributed by atoms with van der Waals surface area (Å²) in [5, 5.41) is 11.5. The molecule has 9 heteroatoms. The highest BCUT2D eigenvalue weighted by molar-refractivity contribution is 6.46.